The van der Waals surface area contributed by atoms with Crippen molar-refractivity contribution < 1.29 is 13.0 Å². The van der Waals surface area contributed by atoms with Gasteiger partial charge in [0.15, 0.2) is 11.0 Å². The minimum Gasteiger partial charge on any atom is -0.322 e. The summed E-state index contributed by atoms with van der Waals surface area (Å²) in [5.41, 5.74) is 3.00. The second-order valence-corrected chi connectivity index (χ2v) is 4.29. The molecule has 0 radical (unpaired) electrons. The topological polar surface area (TPSA) is 137 Å². The van der Waals surface area contributed by atoms with Crippen LogP contribution in [-0.4, -0.2) is 18.7 Å². The van der Waals surface area contributed by atoms with Gasteiger partial charge in [-0.2, -0.15) is 0 Å². The fraction of sp³-hybridized carbons (Fsp3) is 0. The summed E-state index contributed by atoms with van der Waals surface area (Å²) in [7, 11) is -3.86. The molecule has 0 fully saturated rings. The van der Waals surface area contributed by atoms with Gasteiger partial charge in [0.25, 0.3) is 0 Å². The number of benzene rings is 1. The Labute approximate surface area is 84.2 Å². The van der Waals surface area contributed by atoms with Crippen LogP contribution in [0.3, 0.4) is 0 Å². The summed E-state index contributed by atoms with van der Waals surface area (Å²) in [4.78, 5) is -0.155. The number of nitrogen functional groups attached to an aromatic ring is 1. The normalized spacial score (nSPS) is 11.9. The predicted molar refractivity (Wildman–Crippen MR) is 51.0 cm³/mol. The largest absolute Gasteiger partial charge is 0.322 e. The van der Waals surface area contributed by atoms with Crippen molar-refractivity contribution in [1.82, 2.24) is 10.3 Å². The SMILES string of the molecule is NNc1ccc(S(N)(=O)=O)c2nonc12. The molecule has 80 valence electrons. The Morgan fingerprint density at radius 1 is 1.27 bits per heavy atom. The molecule has 8 nitrogen and oxygen atoms in total. The zero-order valence-electron chi connectivity index (χ0n) is 7.34. The van der Waals surface area contributed by atoms with Crippen LogP contribution < -0.4 is 16.4 Å². The average molecular weight is 229 g/mol. The number of nitrogens with one attached hydrogen (secondary N) is 1. The zero-order chi connectivity index (χ0) is 11.1. The fourth-order valence-corrected chi connectivity index (χ4v) is 1.85. The maximum Gasteiger partial charge on any atom is 0.240 e. The number of primary sulfonamides is 1. The van der Waals surface area contributed by atoms with Crippen LogP contribution in [0.15, 0.2) is 21.7 Å². The summed E-state index contributed by atoms with van der Waals surface area (Å²) in [6.07, 6.45) is 0. The number of aromatic nitrogens is 2. The van der Waals surface area contributed by atoms with Gasteiger partial charge in [-0.3, -0.25) is 5.84 Å². The first kappa shape index (κ1) is 9.83. The van der Waals surface area contributed by atoms with Crippen LogP contribution in [0.2, 0.25) is 0 Å². The Bertz CT molecular complexity index is 604. The Morgan fingerprint density at radius 2 is 1.93 bits per heavy atom. The Morgan fingerprint density at radius 3 is 2.53 bits per heavy atom. The molecule has 5 N–H and O–H groups in total. The molecule has 2 rings (SSSR count). The summed E-state index contributed by atoms with van der Waals surface area (Å²) in [5, 5.41) is 12.0. The second kappa shape index (κ2) is 3.15. The molecule has 1 aromatic carbocycles. The van der Waals surface area contributed by atoms with Crippen molar-refractivity contribution in [3.05, 3.63) is 12.1 Å². The van der Waals surface area contributed by atoms with Crippen LogP contribution in [0, 0.1) is 0 Å². The third kappa shape index (κ3) is 1.52. The molecule has 15 heavy (non-hydrogen) atoms. The Hall–Kier alpha value is -1.71. The molecule has 9 heteroatoms. The fourth-order valence-electron chi connectivity index (χ4n) is 1.19. The highest BCUT2D eigenvalue weighted by atomic mass is 32.2. The average Bonchev–Trinajstić information content (AvgIpc) is 2.62. The highest BCUT2D eigenvalue weighted by Crippen LogP contribution is 2.25. The summed E-state index contributed by atoms with van der Waals surface area (Å²) < 4.78 is 26.7. The molecular weight excluding hydrogens is 222 g/mol. The van der Waals surface area contributed by atoms with Crippen LogP contribution in [-0.2, 0) is 10.0 Å². The minimum atomic E-state index is -3.86. The molecule has 0 bridgehead atoms. The van der Waals surface area contributed by atoms with Crippen LogP contribution in [0.1, 0.15) is 0 Å². The van der Waals surface area contributed by atoms with Crippen molar-refractivity contribution in [2.75, 3.05) is 5.43 Å². The van der Waals surface area contributed by atoms with Crippen molar-refractivity contribution >= 4 is 26.7 Å². The van der Waals surface area contributed by atoms with Gasteiger partial charge in [0.2, 0.25) is 10.0 Å². The molecule has 0 amide bonds. The molecule has 1 aromatic heterocycles. The Balaban J connectivity index is 2.86. The van der Waals surface area contributed by atoms with Crippen LogP contribution in [0.25, 0.3) is 11.0 Å². The number of nitrogens with two attached hydrogens (primary N) is 2. The molecule has 0 spiro atoms. The first-order valence-electron chi connectivity index (χ1n) is 3.78. The molecule has 0 saturated heterocycles. The molecule has 1 heterocycles. The highest BCUT2D eigenvalue weighted by molar-refractivity contribution is 7.89. The van der Waals surface area contributed by atoms with Gasteiger partial charge in [-0.15, -0.1) is 0 Å². The number of anilines is 1. The number of nitrogens with zero attached hydrogens (tertiary/aromatic N) is 2. The quantitative estimate of drug-likeness (QED) is 0.450. The first-order chi connectivity index (χ1) is 7.04. The van der Waals surface area contributed by atoms with Crippen molar-refractivity contribution in [2.24, 2.45) is 11.0 Å². The van der Waals surface area contributed by atoms with Crippen LogP contribution >= 0.6 is 0 Å². The molecule has 0 aliphatic rings. The lowest BCUT2D eigenvalue weighted by molar-refractivity contribution is 0.315. The second-order valence-electron chi connectivity index (χ2n) is 2.76. The van der Waals surface area contributed by atoms with E-state index in [0.29, 0.717) is 5.69 Å². The summed E-state index contributed by atoms with van der Waals surface area (Å²) in [6, 6.07) is 2.70. The van der Waals surface area contributed by atoms with E-state index in [1.807, 2.05) is 0 Å². The van der Waals surface area contributed by atoms with Gasteiger partial charge in [-0.1, -0.05) is 0 Å². The summed E-state index contributed by atoms with van der Waals surface area (Å²) >= 11 is 0. The lowest BCUT2D eigenvalue weighted by Crippen LogP contribution is -2.13. The number of hydrazine groups is 1. The van der Waals surface area contributed by atoms with E-state index in [4.69, 9.17) is 11.0 Å². The lowest BCUT2D eigenvalue weighted by Gasteiger charge is -2.01. The van der Waals surface area contributed by atoms with Crippen molar-refractivity contribution in [2.45, 2.75) is 4.90 Å². The smallest absolute Gasteiger partial charge is 0.240 e. The van der Waals surface area contributed by atoms with E-state index in [-0.39, 0.29) is 15.9 Å². The standard InChI is InChI=1S/C6H7N5O3S/c7-9-3-1-2-4(15(8,12)13)6-5(3)10-14-11-6/h1-2,9H,7H2,(H2,8,12,13). The number of hydrogen-bond acceptors (Lipinski definition) is 7. The van der Waals surface area contributed by atoms with Gasteiger partial charge in [-0.05, 0) is 22.4 Å². The van der Waals surface area contributed by atoms with Crippen molar-refractivity contribution in [3.63, 3.8) is 0 Å². The van der Waals surface area contributed by atoms with E-state index in [1.54, 1.807) is 0 Å². The number of fused-ring (bicyclic) bond motifs is 1. The van der Waals surface area contributed by atoms with Crippen molar-refractivity contribution in [1.29, 1.82) is 0 Å². The number of hydrogen-bond donors (Lipinski definition) is 3. The molecule has 2 aromatic rings. The third-order valence-electron chi connectivity index (χ3n) is 1.84. The maximum atomic E-state index is 11.2. The predicted octanol–water partition coefficient (Wildman–Crippen LogP) is -0.844. The molecule has 0 aliphatic carbocycles. The highest BCUT2D eigenvalue weighted by Gasteiger charge is 2.18. The van der Waals surface area contributed by atoms with E-state index in [0.717, 1.165) is 0 Å². The third-order valence-corrected chi connectivity index (χ3v) is 2.78. The molecule has 0 saturated carbocycles. The van der Waals surface area contributed by atoms with Gasteiger partial charge in [0.1, 0.15) is 4.90 Å². The number of sulfonamides is 1. The monoisotopic (exact) mass is 229 g/mol. The maximum absolute atomic E-state index is 11.2. The molecular formula is C6H7N5O3S. The minimum absolute atomic E-state index is 0.0490. The molecule has 0 aliphatic heterocycles. The molecule has 0 atom stereocenters. The van der Waals surface area contributed by atoms with Gasteiger partial charge < -0.3 is 5.43 Å². The van der Waals surface area contributed by atoms with Gasteiger partial charge in [0.05, 0.1) is 5.69 Å². The summed E-state index contributed by atoms with van der Waals surface area (Å²) in [6.45, 7) is 0. The van der Waals surface area contributed by atoms with E-state index >= 15 is 0 Å². The zero-order valence-corrected chi connectivity index (χ0v) is 8.15. The van der Waals surface area contributed by atoms with Gasteiger partial charge in [0, 0.05) is 0 Å². The van der Waals surface area contributed by atoms with Gasteiger partial charge in [-0.25, -0.2) is 18.2 Å². The van der Waals surface area contributed by atoms with Crippen LogP contribution in [0.5, 0.6) is 0 Å². The lowest BCUT2D eigenvalue weighted by atomic mass is 10.3. The van der Waals surface area contributed by atoms with E-state index < -0.39 is 10.0 Å². The Kier molecular flexibility index (Phi) is 2.07. The summed E-state index contributed by atoms with van der Waals surface area (Å²) in [5.74, 6) is 5.19. The number of rotatable bonds is 2. The van der Waals surface area contributed by atoms with Crippen LogP contribution in [0.4, 0.5) is 5.69 Å². The van der Waals surface area contributed by atoms with Gasteiger partial charge >= 0.3 is 0 Å². The van der Waals surface area contributed by atoms with E-state index in [2.05, 4.69) is 20.4 Å². The first-order valence-corrected chi connectivity index (χ1v) is 5.33. The van der Waals surface area contributed by atoms with E-state index in [9.17, 15) is 8.42 Å². The molecule has 0 unspecified atom stereocenters. The van der Waals surface area contributed by atoms with E-state index in [1.165, 1.54) is 12.1 Å². The van der Waals surface area contributed by atoms with Crippen molar-refractivity contribution in [3.8, 4) is 0 Å².